The summed E-state index contributed by atoms with van der Waals surface area (Å²) < 4.78 is 5.79. The van der Waals surface area contributed by atoms with E-state index in [1.54, 1.807) is 20.2 Å². The van der Waals surface area contributed by atoms with Crippen molar-refractivity contribution in [3.63, 3.8) is 0 Å². The lowest BCUT2D eigenvalue weighted by Crippen LogP contribution is -2.63. The molecule has 168 valence electrons. The van der Waals surface area contributed by atoms with Gasteiger partial charge < -0.3 is 25.6 Å². The predicted molar refractivity (Wildman–Crippen MR) is 127 cm³/mol. The average Bonchev–Trinajstić information content (AvgIpc) is 3.57. The van der Waals surface area contributed by atoms with E-state index in [1.165, 1.54) is 17.7 Å². The number of methoxy groups -OCH3 is 1. The zero-order chi connectivity index (χ0) is 22.3. The smallest absolute Gasteiger partial charge is 0.254 e. The summed E-state index contributed by atoms with van der Waals surface area (Å²) in [5.74, 6) is 3.38. The molecule has 0 atom stereocenters. The Labute approximate surface area is 191 Å². The fourth-order valence-electron chi connectivity index (χ4n) is 4.26. The van der Waals surface area contributed by atoms with E-state index < -0.39 is 0 Å². The Morgan fingerprint density at radius 3 is 2.62 bits per heavy atom. The molecule has 9 heteroatoms. The first-order valence-electron chi connectivity index (χ1n) is 10.8. The number of benzene rings is 1. The van der Waals surface area contributed by atoms with Gasteiger partial charge in [-0.25, -0.2) is 4.98 Å². The third kappa shape index (κ3) is 3.85. The van der Waals surface area contributed by atoms with Crippen molar-refractivity contribution in [3.05, 3.63) is 36.0 Å². The first kappa shape index (κ1) is 20.9. The highest BCUT2D eigenvalue weighted by molar-refractivity contribution is 8.00. The summed E-state index contributed by atoms with van der Waals surface area (Å²) in [7, 11) is 3.24. The minimum absolute atomic E-state index is 0.0309. The number of pyridine rings is 1. The van der Waals surface area contributed by atoms with E-state index in [0.29, 0.717) is 22.5 Å². The van der Waals surface area contributed by atoms with E-state index in [4.69, 9.17) is 4.74 Å². The number of anilines is 4. The molecular weight excluding hydrogens is 426 g/mol. The summed E-state index contributed by atoms with van der Waals surface area (Å²) in [5.41, 5.74) is 3.20. The second-order valence-corrected chi connectivity index (χ2v) is 9.78. The van der Waals surface area contributed by atoms with Gasteiger partial charge in [-0.05, 0) is 25.0 Å². The van der Waals surface area contributed by atoms with Crippen LogP contribution in [0.4, 0.5) is 22.9 Å². The van der Waals surface area contributed by atoms with Gasteiger partial charge in [-0.3, -0.25) is 9.59 Å². The van der Waals surface area contributed by atoms with Crippen LogP contribution in [0, 0.1) is 11.3 Å². The second kappa shape index (κ2) is 8.20. The molecule has 5 rings (SSSR count). The maximum absolute atomic E-state index is 12.5. The molecule has 0 radical (unpaired) electrons. The van der Waals surface area contributed by atoms with E-state index in [2.05, 4.69) is 31.9 Å². The first-order valence-corrected chi connectivity index (χ1v) is 12.0. The Morgan fingerprint density at radius 2 is 2.00 bits per heavy atom. The van der Waals surface area contributed by atoms with Gasteiger partial charge in [-0.1, -0.05) is 6.07 Å². The normalized spacial score (nSPS) is 18.4. The summed E-state index contributed by atoms with van der Waals surface area (Å²) in [6.45, 7) is 2.08. The fourth-order valence-corrected chi connectivity index (χ4v) is 5.40. The Bertz CT molecular complexity index is 1060. The van der Waals surface area contributed by atoms with Gasteiger partial charge in [-0.15, -0.1) is 0 Å². The van der Waals surface area contributed by atoms with Gasteiger partial charge in [0.25, 0.3) is 5.91 Å². The van der Waals surface area contributed by atoms with Crippen LogP contribution in [0.1, 0.15) is 23.2 Å². The van der Waals surface area contributed by atoms with Crippen LogP contribution in [0.15, 0.2) is 30.5 Å². The van der Waals surface area contributed by atoms with E-state index >= 15 is 0 Å². The van der Waals surface area contributed by atoms with Crippen LogP contribution >= 0.6 is 11.8 Å². The summed E-state index contributed by atoms with van der Waals surface area (Å²) in [4.78, 5) is 31.2. The lowest BCUT2D eigenvalue weighted by molar-refractivity contribution is -0.117. The van der Waals surface area contributed by atoms with Gasteiger partial charge in [0.15, 0.2) is 5.75 Å². The standard InChI is InChI=1S/C23H27N5O3S/c1-24-22(30)15-9-25-19(27-21(29)14-6-7-14)8-17(15)26-16-4-3-5-18(20(16)31-2)28-10-23(11-28)12-32-13-23/h3-5,8-9,14H,6-7,10-13H2,1-2H3,(H,24,30)(H2,25,26,27,29). The van der Waals surface area contributed by atoms with Crippen molar-refractivity contribution >= 4 is 46.5 Å². The number of ether oxygens (including phenoxy) is 1. The number of para-hydroxylation sites is 1. The van der Waals surface area contributed by atoms with Crippen molar-refractivity contribution in [2.45, 2.75) is 12.8 Å². The third-order valence-corrected chi connectivity index (χ3v) is 7.89. The second-order valence-electron chi connectivity index (χ2n) is 8.79. The molecule has 2 saturated heterocycles. The topological polar surface area (TPSA) is 95.6 Å². The van der Waals surface area contributed by atoms with Crippen LogP contribution in [-0.2, 0) is 4.79 Å². The van der Waals surface area contributed by atoms with Crippen LogP contribution in [0.2, 0.25) is 0 Å². The monoisotopic (exact) mass is 453 g/mol. The molecule has 2 amide bonds. The highest BCUT2D eigenvalue weighted by Gasteiger charge is 2.48. The number of hydrogen-bond donors (Lipinski definition) is 3. The quantitative estimate of drug-likeness (QED) is 0.593. The molecule has 32 heavy (non-hydrogen) atoms. The van der Waals surface area contributed by atoms with Gasteiger partial charge in [-0.2, -0.15) is 11.8 Å². The number of aromatic nitrogens is 1. The maximum atomic E-state index is 12.5. The van der Waals surface area contributed by atoms with Crippen LogP contribution in [-0.4, -0.2) is 55.6 Å². The molecule has 0 unspecified atom stereocenters. The summed E-state index contributed by atoms with van der Waals surface area (Å²) in [5, 5.41) is 8.85. The number of nitrogens with zero attached hydrogens (tertiary/aromatic N) is 2. The highest BCUT2D eigenvalue weighted by Crippen LogP contribution is 2.49. The van der Waals surface area contributed by atoms with Gasteiger partial charge in [0, 0.05) is 55.2 Å². The number of hydrogen-bond acceptors (Lipinski definition) is 7. The summed E-state index contributed by atoms with van der Waals surface area (Å²) >= 11 is 2.01. The molecular formula is C23H27N5O3S. The van der Waals surface area contributed by atoms with Crippen molar-refractivity contribution < 1.29 is 14.3 Å². The van der Waals surface area contributed by atoms with Crippen molar-refractivity contribution in [1.82, 2.24) is 10.3 Å². The highest BCUT2D eigenvalue weighted by atomic mass is 32.2. The van der Waals surface area contributed by atoms with E-state index in [1.807, 2.05) is 23.9 Å². The Hall–Kier alpha value is -2.94. The van der Waals surface area contributed by atoms with Gasteiger partial charge in [0.05, 0.1) is 29.7 Å². The molecule has 1 spiro atoms. The number of carbonyl (C=O) groups is 2. The molecule has 8 nitrogen and oxygen atoms in total. The number of nitrogens with one attached hydrogen (secondary N) is 3. The number of amides is 2. The Morgan fingerprint density at radius 1 is 1.22 bits per heavy atom. The van der Waals surface area contributed by atoms with Gasteiger partial charge in [0.2, 0.25) is 5.91 Å². The molecule has 1 aromatic carbocycles. The molecule has 1 aromatic heterocycles. The van der Waals surface area contributed by atoms with Gasteiger partial charge in [0.1, 0.15) is 5.82 Å². The van der Waals surface area contributed by atoms with Crippen LogP contribution < -0.4 is 25.6 Å². The van der Waals surface area contributed by atoms with Crippen molar-refractivity contribution in [1.29, 1.82) is 0 Å². The van der Waals surface area contributed by atoms with Crippen molar-refractivity contribution in [2.24, 2.45) is 11.3 Å². The Balaban J connectivity index is 1.43. The van der Waals surface area contributed by atoms with Crippen molar-refractivity contribution in [3.8, 4) is 5.75 Å². The molecule has 1 saturated carbocycles. The SMILES string of the molecule is CNC(=O)c1cnc(NC(=O)C2CC2)cc1Nc1cccc(N2CC3(CSC3)C2)c1OC. The number of rotatable bonds is 7. The molecule has 2 aliphatic heterocycles. The lowest BCUT2D eigenvalue weighted by atomic mass is 9.82. The molecule has 3 aliphatic rings. The van der Waals surface area contributed by atoms with E-state index in [-0.39, 0.29) is 17.7 Å². The summed E-state index contributed by atoms with van der Waals surface area (Å²) in [6, 6.07) is 7.67. The van der Waals surface area contributed by atoms with E-state index in [9.17, 15) is 9.59 Å². The van der Waals surface area contributed by atoms with Crippen molar-refractivity contribution in [2.75, 3.05) is 54.3 Å². The van der Waals surface area contributed by atoms with Gasteiger partial charge >= 0.3 is 0 Å². The molecule has 3 fully saturated rings. The molecule has 1 aliphatic carbocycles. The third-order valence-electron chi connectivity index (χ3n) is 6.25. The zero-order valence-electron chi connectivity index (χ0n) is 18.2. The molecule has 0 bridgehead atoms. The molecule has 3 N–H and O–H groups in total. The molecule has 3 heterocycles. The number of carbonyl (C=O) groups excluding carboxylic acids is 2. The summed E-state index contributed by atoms with van der Waals surface area (Å²) in [6.07, 6.45) is 3.30. The van der Waals surface area contributed by atoms with E-state index in [0.717, 1.165) is 43.1 Å². The zero-order valence-corrected chi connectivity index (χ0v) is 19.1. The maximum Gasteiger partial charge on any atom is 0.254 e. The van der Waals surface area contributed by atoms with Crippen LogP contribution in [0.3, 0.4) is 0 Å². The minimum atomic E-state index is -0.262. The largest absolute Gasteiger partial charge is 0.492 e. The fraction of sp³-hybridized carbons (Fsp3) is 0.435. The minimum Gasteiger partial charge on any atom is -0.492 e. The van der Waals surface area contributed by atoms with Crippen LogP contribution in [0.25, 0.3) is 0 Å². The Kier molecular flexibility index (Phi) is 5.36. The first-order chi connectivity index (χ1) is 15.5. The molecule has 2 aromatic rings. The predicted octanol–water partition coefficient (Wildman–Crippen LogP) is 3.10. The average molecular weight is 454 g/mol. The van der Waals surface area contributed by atoms with Crippen LogP contribution in [0.5, 0.6) is 5.75 Å². The number of thioether (sulfide) groups is 1. The lowest BCUT2D eigenvalue weighted by Gasteiger charge is -2.56.